The van der Waals surface area contributed by atoms with E-state index in [-0.39, 0.29) is 12.0 Å². The molecule has 2 aromatic rings. The molecule has 0 unspecified atom stereocenters. The van der Waals surface area contributed by atoms with Gasteiger partial charge in [-0.1, -0.05) is 0 Å². The monoisotopic (exact) mass is 340 g/mol. The van der Waals surface area contributed by atoms with Crippen LogP contribution >= 0.6 is 0 Å². The zero-order valence-electron chi connectivity index (χ0n) is 14.7. The Hall–Kier alpha value is -2.53. The van der Waals surface area contributed by atoms with Crippen molar-refractivity contribution in [2.24, 2.45) is 0 Å². The first kappa shape index (κ1) is 17.3. The normalized spacial score (nSPS) is 16.5. The Morgan fingerprint density at radius 1 is 1.16 bits per heavy atom. The summed E-state index contributed by atoms with van der Waals surface area (Å²) in [5, 5.41) is 2.90. The van der Waals surface area contributed by atoms with E-state index < -0.39 is 0 Å². The maximum atomic E-state index is 12.3. The van der Waals surface area contributed by atoms with Crippen molar-refractivity contribution in [3.63, 3.8) is 0 Å². The van der Waals surface area contributed by atoms with Crippen LogP contribution in [0.25, 0.3) is 0 Å². The van der Waals surface area contributed by atoms with Crippen LogP contribution in [0.3, 0.4) is 0 Å². The highest BCUT2D eigenvalue weighted by Crippen LogP contribution is 2.19. The number of hydrogen-bond donors (Lipinski definition) is 1. The van der Waals surface area contributed by atoms with Crippen LogP contribution in [0, 0.1) is 0 Å². The van der Waals surface area contributed by atoms with E-state index in [0.717, 1.165) is 36.6 Å². The molecule has 0 aromatic heterocycles. The fourth-order valence-corrected chi connectivity index (χ4v) is 2.71. The van der Waals surface area contributed by atoms with Crippen molar-refractivity contribution in [3.05, 3.63) is 54.1 Å². The van der Waals surface area contributed by atoms with Crippen LogP contribution < -0.4 is 15.0 Å². The summed E-state index contributed by atoms with van der Waals surface area (Å²) in [7, 11) is 3.96. The number of rotatable bonds is 6. The molecule has 0 spiro atoms. The Morgan fingerprint density at radius 3 is 2.48 bits per heavy atom. The highest BCUT2D eigenvalue weighted by Gasteiger charge is 2.16. The molecule has 1 fully saturated rings. The first-order chi connectivity index (χ1) is 12.1. The number of anilines is 2. The van der Waals surface area contributed by atoms with Gasteiger partial charge in [0, 0.05) is 37.6 Å². The fourth-order valence-electron chi connectivity index (χ4n) is 2.71. The van der Waals surface area contributed by atoms with E-state index in [1.807, 2.05) is 55.4 Å². The summed E-state index contributed by atoms with van der Waals surface area (Å²) in [5.41, 5.74) is 2.46. The van der Waals surface area contributed by atoms with E-state index in [2.05, 4.69) is 5.32 Å². The van der Waals surface area contributed by atoms with Crippen LogP contribution in [0.15, 0.2) is 48.5 Å². The number of hydrogen-bond acceptors (Lipinski definition) is 4. The Labute approximate surface area is 148 Å². The zero-order valence-corrected chi connectivity index (χ0v) is 14.7. The summed E-state index contributed by atoms with van der Waals surface area (Å²) in [6.07, 6.45) is 2.34. The molecular weight excluding hydrogens is 316 g/mol. The molecule has 5 nitrogen and oxygen atoms in total. The maximum absolute atomic E-state index is 12.3. The van der Waals surface area contributed by atoms with Crippen molar-refractivity contribution in [1.29, 1.82) is 0 Å². The van der Waals surface area contributed by atoms with Crippen molar-refractivity contribution in [1.82, 2.24) is 0 Å². The molecule has 1 aliphatic rings. The topological polar surface area (TPSA) is 50.8 Å². The molecule has 132 valence electrons. The minimum absolute atomic E-state index is 0.136. The second-order valence-electron chi connectivity index (χ2n) is 6.37. The number of nitrogens with zero attached hydrogens (tertiary/aromatic N) is 1. The lowest BCUT2D eigenvalue weighted by molar-refractivity contribution is 0.0679. The molecule has 1 aliphatic heterocycles. The predicted molar refractivity (Wildman–Crippen MR) is 99.6 cm³/mol. The van der Waals surface area contributed by atoms with E-state index in [4.69, 9.17) is 9.47 Å². The van der Waals surface area contributed by atoms with E-state index in [1.54, 1.807) is 12.1 Å². The van der Waals surface area contributed by atoms with Crippen molar-refractivity contribution < 1.29 is 14.3 Å². The van der Waals surface area contributed by atoms with Crippen molar-refractivity contribution in [2.45, 2.75) is 18.9 Å². The molecule has 1 atom stereocenters. The Kier molecular flexibility index (Phi) is 5.56. The highest BCUT2D eigenvalue weighted by atomic mass is 16.5. The van der Waals surface area contributed by atoms with Gasteiger partial charge in [0.05, 0.1) is 6.10 Å². The molecule has 0 aliphatic carbocycles. The molecule has 1 heterocycles. The lowest BCUT2D eigenvalue weighted by atomic mass is 10.2. The molecule has 0 saturated carbocycles. The van der Waals surface area contributed by atoms with Gasteiger partial charge in [0.2, 0.25) is 0 Å². The third kappa shape index (κ3) is 4.73. The molecular formula is C20H24N2O3. The first-order valence-electron chi connectivity index (χ1n) is 8.55. The smallest absolute Gasteiger partial charge is 0.255 e. The molecule has 1 saturated heterocycles. The second kappa shape index (κ2) is 8.03. The lowest BCUT2D eigenvalue weighted by Crippen LogP contribution is -2.16. The quantitative estimate of drug-likeness (QED) is 0.873. The molecule has 5 heteroatoms. The standard InChI is InChI=1S/C20H24N2O3/c1-22(2)17-9-7-16(8-10-17)21-20(23)15-5-11-18(12-6-15)25-14-19-4-3-13-24-19/h5-12,19H,3-4,13-14H2,1-2H3,(H,21,23)/t19-/m1/s1. The minimum Gasteiger partial charge on any atom is -0.491 e. The third-order valence-electron chi connectivity index (χ3n) is 4.22. The third-order valence-corrected chi connectivity index (χ3v) is 4.22. The number of ether oxygens (including phenoxy) is 2. The van der Waals surface area contributed by atoms with Gasteiger partial charge in [0.25, 0.3) is 5.91 Å². The number of benzene rings is 2. The molecule has 1 N–H and O–H groups in total. The van der Waals surface area contributed by atoms with Crippen LogP contribution in [0.1, 0.15) is 23.2 Å². The lowest BCUT2D eigenvalue weighted by Gasteiger charge is -2.13. The van der Waals surface area contributed by atoms with Crippen LogP contribution in [0.2, 0.25) is 0 Å². The fraction of sp³-hybridized carbons (Fsp3) is 0.350. The molecule has 0 bridgehead atoms. The molecule has 1 amide bonds. The summed E-state index contributed by atoms with van der Waals surface area (Å²) >= 11 is 0. The van der Waals surface area contributed by atoms with Gasteiger partial charge in [0.15, 0.2) is 0 Å². The van der Waals surface area contributed by atoms with Gasteiger partial charge < -0.3 is 19.7 Å². The van der Waals surface area contributed by atoms with E-state index in [9.17, 15) is 4.79 Å². The van der Waals surface area contributed by atoms with Crippen LogP contribution in [-0.2, 0) is 4.74 Å². The summed E-state index contributed by atoms with van der Waals surface area (Å²) in [5.74, 6) is 0.616. The molecule has 25 heavy (non-hydrogen) atoms. The summed E-state index contributed by atoms with van der Waals surface area (Å²) in [6, 6.07) is 14.9. The van der Waals surface area contributed by atoms with E-state index in [1.165, 1.54) is 0 Å². The van der Waals surface area contributed by atoms with Crippen molar-refractivity contribution >= 4 is 17.3 Å². The van der Waals surface area contributed by atoms with Gasteiger partial charge in [-0.3, -0.25) is 4.79 Å². The Morgan fingerprint density at radius 2 is 1.88 bits per heavy atom. The molecule has 3 rings (SSSR count). The van der Waals surface area contributed by atoms with Gasteiger partial charge in [-0.25, -0.2) is 0 Å². The van der Waals surface area contributed by atoms with E-state index >= 15 is 0 Å². The molecule has 0 radical (unpaired) electrons. The van der Waals surface area contributed by atoms with Crippen molar-refractivity contribution in [3.8, 4) is 5.75 Å². The van der Waals surface area contributed by atoms with Gasteiger partial charge in [0.1, 0.15) is 12.4 Å². The van der Waals surface area contributed by atoms with E-state index in [0.29, 0.717) is 12.2 Å². The largest absolute Gasteiger partial charge is 0.491 e. The first-order valence-corrected chi connectivity index (χ1v) is 8.55. The number of carbonyl (C=O) groups excluding carboxylic acids is 1. The van der Waals surface area contributed by atoms with Gasteiger partial charge in [-0.05, 0) is 61.4 Å². The maximum Gasteiger partial charge on any atom is 0.255 e. The predicted octanol–water partition coefficient (Wildman–Crippen LogP) is 3.56. The number of nitrogens with one attached hydrogen (secondary N) is 1. The average Bonchev–Trinajstić information content (AvgIpc) is 3.14. The Bertz CT molecular complexity index is 690. The minimum atomic E-state index is -0.136. The Balaban J connectivity index is 1.54. The summed E-state index contributed by atoms with van der Waals surface area (Å²) < 4.78 is 11.3. The van der Waals surface area contributed by atoms with Crippen LogP contribution in [-0.4, -0.2) is 39.3 Å². The molecule has 2 aromatic carbocycles. The van der Waals surface area contributed by atoms with Crippen LogP contribution in [0.5, 0.6) is 5.75 Å². The van der Waals surface area contributed by atoms with Gasteiger partial charge in [-0.15, -0.1) is 0 Å². The SMILES string of the molecule is CN(C)c1ccc(NC(=O)c2ccc(OC[C@H]3CCCO3)cc2)cc1. The second-order valence-corrected chi connectivity index (χ2v) is 6.37. The average molecular weight is 340 g/mol. The number of carbonyl (C=O) groups is 1. The van der Waals surface area contributed by atoms with Gasteiger partial charge in [-0.2, -0.15) is 0 Å². The van der Waals surface area contributed by atoms with Gasteiger partial charge >= 0.3 is 0 Å². The summed E-state index contributed by atoms with van der Waals surface area (Å²) in [4.78, 5) is 14.3. The number of amides is 1. The van der Waals surface area contributed by atoms with Crippen molar-refractivity contribution in [2.75, 3.05) is 37.5 Å². The van der Waals surface area contributed by atoms with Crippen LogP contribution in [0.4, 0.5) is 11.4 Å². The zero-order chi connectivity index (χ0) is 17.6. The summed E-state index contributed by atoms with van der Waals surface area (Å²) in [6.45, 7) is 1.38. The highest BCUT2D eigenvalue weighted by molar-refractivity contribution is 6.04.